The van der Waals surface area contributed by atoms with Crippen molar-refractivity contribution in [2.45, 2.75) is 40.9 Å². The van der Waals surface area contributed by atoms with E-state index in [1.165, 1.54) is 11.6 Å². The molecular weight excluding hydrogens is 300 g/mol. The fraction of sp³-hybridized carbons (Fsp3) is 0.500. The highest BCUT2D eigenvalue weighted by Crippen LogP contribution is 2.59. The molecule has 1 aliphatic carbocycles. The number of halogens is 2. The smallest absolute Gasteiger partial charge is 0.387 e. The van der Waals surface area contributed by atoms with E-state index in [2.05, 4.69) is 30.0 Å². The van der Waals surface area contributed by atoms with Crippen molar-refractivity contribution in [1.82, 2.24) is 5.32 Å². The summed E-state index contributed by atoms with van der Waals surface area (Å²) in [6.07, 6.45) is 2.12. The molecule has 0 heterocycles. The molecule has 0 saturated heterocycles. The van der Waals surface area contributed by atoms with Crippen molar-refractivity contribution in [3.05, 3.63) is 41.5 Å². The van der Waals surface area contributed by atoms with Gasteiger partial charge in [-0.05, 0) is 31.2 Å². The Hall–Kier alpha value is -1.91. The maximum absolute atomic E-state index is 12.4. The van der Waals surface area contributed by atoms with Gasteiger partial charge in [0, 0.05) is 12.1 Å². The second-order valence-electron chi connectivity index (χ2n) is 6.77. The lowest BCUT2D eigenvalue weighted by molar-refractivity contribution is -0.123. The zero-order valence-electron chi connectivity index (χ0n) is 13.9. The topological polar surface area (TPSA) is 38.3 Å². The van der Waals surface area contributed by atoms with Gasteiger partial charge in [-0.15, -0.1) is 0 Å². The molecule has 1 amide bonds. The van der Waals surface area contributed by atoms with Crippen molar-refractivity contribution in [2.75, 3.05) is 0 Å². The van der Waals surface area contributed by atoms with E-state index >= 15 is 0 Å². The van der Waals surface area contributed by atoms with Gasteiger partial charge in [0.1, 0.15) is 5.75 Å². The molecule has 2 atom stereocenters. The first kappa shape index (κ1) is 17.4. The third kappa shape index (κ3) is 4.09. The fourth-order valence-corrected chi connectivity index (χ4v) is 3.00. The Kier molecular flexibility index (Phi) is 5.07. The van der Waals surface area contributed by atoms with Gasteiger partial charge in [0.25, 0.3) is 0 Å². The first-order valence-corrected chi connectivity index (χ1v) is 7.69. The first-order valence-electron chi connectivity index (χ1n) is 7.69. The summed E-state index contributed by atoms with van der Waals surface area (Å²) in [4.78, 5) is 12.4. The maximum Gasteiger partial charge on any atom is 0.387 e. The second-order valence-corrected chi connectivity index (χ2v) is 6.77. The normalized spacial score (nSPS) is 21.7. The van der Waals surface area contributed by atoms with E-state index < -0.39 is 6.61 Å². The molecule has 0 bridgehead atoms. The first-order chi connectivity index (χ1) is 10.7. The summed E-state index contributed by atoms with van der Waals surface area (Å²) in [6.45, 7) is 5.46. The third-order valence-electron chi connectivity index (χ3n) is 4.35. The van der Waals surface area contributed by atoms with E-state index in [-0.39, 0.29) is 35.5 Å². The summed E-state index contributed by atoms with van der Waals surface area (Å²) in [5, 5.41) is 2.84. The molecule has 0 aliphatic heterocycles. The number of para-hydroxylation sites is 1. The van der Waals surface area contributed by atoms with Crippen LogP contribution in [0.5, 0.6) is 5.75 Å². The van der Waals surface area contributed by atoms with E-state index in [4.69, 9.17) is 0 Å². The molecule has 2 rings (SSSR count). The zero-order chi connectivity index (χ0) is 17.2. The van der Waals surface area contributed by atoms with Crippen molar-refractivity contribution >= 4 is 5.91 Å². The summed E-state index contributed by atoms with van der Waals surface area (Å²) in [6, 6.07) is 6.50. The van der Waals surface area contributed by atoms with Gasteiger partial charge in [-0.3, -0.25) is 4.79 Å². The van der Waals surface area contributed by atoms with Crippen LogP contribution in [0.1, 0.15) is 33.3 Å². The number of ether oxygens (including phenoxy) is 1. The summed E-state index contributed by atoms with van der Waals surface area (Å²) >= 11 is 0. The molecule has 1 aromatic carbocycles. The van der Waals surface area contributed by atoms with Crippen LogP contribution in [0.3, 0.4) is 0 Å². The van der Waals surface area contributed by atoms with Crippen LogP contribution in [0.4, 0.5) is 8.78 Å². The second kappa shape index (κ2) is 6.69. The van der Waals surface area contributed by atoms with Gasteiger partial charge in [0.05, 0.1) is 5.92 Å². The Bertz CT molecular complexity index is 607. The minimum absolute atomic E-state index is 0.0515. The summed E-state index contributed by atoms with van der Waals surface area (Å²) < 4.78 is 29.3. The standard InChI is InChI=1S/C18H23F2NO2/c1-11(2)9-13-15(18(13,3)4)16(22)21-10-12-7-5-6-8-14(12)23-17(19)20/h5-9,13,15,17H,10H2,1-4H3,(H,21,22)/t13-,15+/m1/s1. The Labute approximate surface area is 135 Å². The number of amides is 1. The highest BCUT2D eigenvalue weighted by molar-refractivity contribution is 5.83. The van der Waals surface area contributed by atoms with Crippen molar-refractivity contribution in [3.8, 4) is 5.75 Å². The van der Waals surface area contributed by atoms with Gasteiger partial charge in [-0.1, -0.05) is 43.7 Å². The van der Waals surface area contributed by atoms with Crippen molar-refractivity contribution in [2.24, 2.45) is 17.3 Å². The number of carbonyl (C=O) groups is 1. The molecule has 23 heavy (non-hydrogen) atoms. The number of allylic oxidation sites excluding steroid dienone is 2. The molecule has 5 heteroatoms. The number of rotatable bonds is 6. The van der Waals surface area contributed by atoms with Crippen LogP contribution in [0.15, 0.2) is 35.9 Å². The van der Waals surface area contributed by atoms with E-state index in [1.54, 1.807) is 18.2 Å². The monoisotopic (exact) mass is 323 g/mol. The van der Waals surface area contributed by atoms with Crippen LogP contribution >= 0.6 is 0 Å². The van der Waals surface area contributed by atoms with E-state index in [0.29, 0.717) is 5.56 Å². The Morgan fingerprint density at radius 1 is 1.35 bits per heavy atom. The predicted molar refractivity (Wildman–Crippen MR) is 85.1 cm³/mol. The molecule has 1 aliphatic rings. The Morgan fingerprint density at radius 2 is 2.00 bits per heavy atom. The lowest BCUT2D eigenvalue weighted by Crippen LogP contribution is -2.26. The molecule has 1 saturated carbocycles. The van der Waals surface area contributed by atoms with E-state index in [0.717, 1.165) is 0 Å². The summed E-state index contributed by atoms with van der Waals surface area (Å²) in [7, 11) is 0. The summed E-state index contributed by atoms with van der Waals surface area (Å²) in [5.74, 6) is 0.184. The Balaban J connectivity index is 2.00. The molecule has 126 valence electrons. The van der Waals surface area contributed by atoms with Crippen LogP contribution in [-0.4, -0.2) is 12.5 Å². The number of hydrogen-bond acceptors (Lipinski definition) is 2. The molecule has 1 N–H and O–H groups in total. The minimum atomic E-state index is -2.88. The van der Waals surface area contributed by atoms with Crippen LogP contribution in [0.25, 0.3) is 0 Å². The van der Waals surface area contributed by atoms with E-state index in [1.807, 2.05) is 13.8 Å². The average molecular weight is 323 g/mol. The average Bonchev–Trinajstić information content (AvgIpc) is 2.97. The molecule has 3 nitrogen and oxygen atoms in total. The molecule has 0 spiro atoms. The lowest BCUT2D eigenvalue weighted by Gasteiger charge is -2.11. The van der Waals surface area contributed by atoms with Gasteiger partial charge in [-0.2, -0.15) is 8.78 Å². The molecular formula is C18H23F2NO2. The van der Waals surface area contributed by atoms with Gasteiger partial charge >= 0.3 is 6.61 Å². The molecule has 0 radical (unpaired) electrons. The Morgan fingerprint density at radius 3 is 2.61 bits per heavy atom. The largest absolute Gasteiger partial charge is 0.434 e. The predicted octanol–water partition coefficient (Wildman–Crippen LogP) is 4.14. The summed E-state index contributed by atoms with van der Waals surface area (Å²) in [5.41, 5.74) is 1.66. The van der Waals surface area contributed by atoms with Crippen LogP contribution in [0, 0.1) is 17.3 Å². The molecule has 1 fully saturated rings. The highest BCUT2D eigenvalue weighted by Gasteiger charge is 2.60. The fourth-order valence-electron chi connectivity index (χ4n) is 3.00. The number of alkyl halides is 2. The molecule has 0 unspecified atom stereocenters. The number of carbonyl (C=O) groups excluding carboxylic acids is 1. The number of nitrogens with one attached hydrogen (secondary N) is 1. The number of benzene rings is 1. The van der Waals surface area contributed by atoms with Gasteiger partial charge in [0.2, 0.25) is 5.91 Å². The van der Waals surface area contributed by atoms with Crippen LogP contribution < -0.4 is 10.1 Å². The van der Waals surface area contributed by atoms with Crippen LogP contribution in [0.2, 0.25) is 0 Å². The third-order valence-corrected chi connectivity index (χ3v) is 4.35. The van der Waals surface area contributed by atoms with E-state index in [9.17, 15) is 13.6 Å². The SMILES string of the molecule is CC(C)=C[C@@H]1[C@@H](C(=O)NCc2ccccc2OC(F)F)C1(C)C. The van der Waals surface area contributed by atoms with Crippen molar-refractivity contribution in [1.29, 1.82) is 0 Å². The van der Waals surface area contributed by atoms with Crippen LogP contribution in [-0.2, 0) is 11.3 Å². The van der Waals surface area contributed by atoms with Crippen molar-refractivity contribution in [3.63, 3.8) is 0 Å². The lowest BCUT2D eigenvalue weighted by atomic mass is 10.1. The van der Waals surface area contributed by atoms with Gasteiger partial charge < -0.3 is 10.1 Å². The quantitative estimate of drug-likeness (QED) is 0.799. The molecule has 0 aromatic heterocycles. The minimum Gasteiger partial charge on any atom is -0.434 e. The van der Waals surface area contributed by atoms with Crippen molar-refractivity contribution < 1.29 is 18.3 Å². The van der Waals surface area contributed by atoms with Gasteiger partial charge in [-0.25, -0.2) is 0 Å². The number of hydrogen-bond donors (Lipinski definition) is 1. The molecule has 1 aromatic rings. The van der Waals surface area contributed by atoms with Gasteiger partial charge in [0.15, 0.2) is 0 Å². The maximum atomic E-state index is 12.4. The zero-order valence-corrected chi connectivity index (χ0v) is 13.9. The highest BCUT2D eigenvalue weighted by atomic mass is 19.3.